The SMILES string of the molecule is NC(=O)c1ccc(C(F)(F)F)nc1NCc1ccco1. The van der Waals surface area contributed by atoms with Crippen LogP contribution in [0.3, 0.4) is 0 Å². The molecule has 0 radical (unpaired) electrons. The number of hydrogen-bond acceptors (Lipinski definition) is 4. The minimum absolute atomic E-state index is 0.0849. The van der Waals surface area contributed by atoms with Gasteiger partial charge in [-0.05, 0) is 24.3 Å². The number of hydrogen-bond donors (Lipinski definition) is 2. The molecular weight excluding hydrogens is 275 g/mol. The maximum absolute atomic E-state index is 12.6. The van der Waals surface area contributed by atoms with E-state index in [1.807, 2.05) is 0 Å². The van der Waals surface area contributed by atoms with E-state index >= 15 is 0 Å². The zero-order valence-corrected chi connectivity index (χ0v) is 10.1. The van der Waals surface area contributed by atoms with E-state index in [4.69, 9.17) is 10.2 Å². The molecule has 0 unspecified atom stereocenters. The van der Waals surface area contributed by atoms with Gasteiger partial charge in [0.05, 0.1) is 18.4 Å². The summed E-state index contributed by atoms with van der Waals surface area (Å²) in [7, 11) is 0. The fourth-order valence-electron chi connectivity index (χ4n) is 1.53. The summed E-state index contributed by atoms with van der Waals surface area (Å²) in [5.41, 5.74) is 3.87. The Morgan fingerprint density at radius 2 is 2.10 bits per heavy atom. The van der Waals surface area contributed by atoms with Crippen molar-refractivity contribution in [3.05, 3.63) is 47.5 Å². The van der Waals surface area contributed by atoms with Crippen molar-refractivity contribution in [1.82, 2.24) is 4.98 Å². The summed E-state index contributed by atoms with van der Waals surface area (Å²) in [6.45, 7) is 0.0849. The fourth-order valence-corrected chi connectivity index (χ4v) is 1.53. The number of pyridine rings is 1. The molecule has 0 aliphatic carbocycles. The van der Waals surface area contributed by atoms with Crippen molar-refractivity contribution in [2.24, 2.45) is 5.73 Å². The third-order valence-corrected chi connectivity index (χ3v) is 2.46. The van der Waals surface area contributed by atoms with Crippen LogP contribution in [-0.4, -0.2) is 10.9 Å². The quantitative estimate of drug-likeness (QED) is 0.903. The monoisotopic (exact) mass is 285 g/mol. The van der Waals surface area contributed by atoms with E-state index in [-0.39, 0.29) is 17.9 Å². The fraction of sp³-hybridized carbons (Fsp3) is 0.167. The van der Waals surface area contributed by atoms with Gasteiger partial charge in [-0.2, -0.15) is 13.2 Å². The summed E-state index contributed by atoms with van der Waals surface area (Å²) >= 11 is 0. The van der Waals surface area contributed by atoms with Crippen molar-refractivity contribution in [2.75, 3.05) is 5.32 Å². The van der Waals surface area contributed by atoms with Crippen molar-refractivity contribution < 1.29 is 22.4 Å². The van der Waals surface area contributed by atoms with Gasteiger partial charge < -0.3 is 15.5 Å². The third-order valence-electron chi connectivity index (χ3n) is 2.46. The summed E-state index contributed by atoms with van der Waals surface area (Å²) in [6.07, 6.45) is -3.18. The van der Waals surface area contributed by atoms with Crippen molar-refractivity contribution in [3.8, 4) is 0 Å². The summed E-state index contributed by atoms with van der Waals surface area (Å²) in [5.74, 6) is -0.614. The first kappa shape index (κ1) is 13.9. The van der Waals surface area contributed by atoms with Crippen LogP contribution in [0, 0.1) is 0 Å². The summed E-state index contributed by atoms with van der Waals surface area (Å²) < 4.78 is 42.8. The molecule has 0 spiro atoms. The first-order valence-electron chi connectivity index (χ1n) is 5.52. The van der Waals surface area contributed by atoms with Crippen LogP contribution in [0.5, 0.6) is 0 Å². The summed E-state index contributed by atoms with van der Waals surface area (Å²) in [5, 5.41) is 2.60. The van der Waals surface area contributed by atoms with Crippen LogP contribution in [0.15, 0.2) is 34.9 Å². The molecule has 20 heavy (non-hydrogen) atoms. The molecule has 2 aromatic rings. The van der Waals surface area contributed by atoms with Gasteiger partial charge in [0.25, 0.3) is 5.91 Å². The standard InChI is InChI=1S/C12H10F3N3O2/c13-12(14,15)9-4-3-8(10(16)19)11(18-9)17-6-7-2-1-5-20-7/h1-5H,6H2,(H2,16,19)(H,17,18). The van der Waals surface area contributed by atoms with Gasteiger partial charge in [0.15, 0.2) is 0 Å². The predicted octanol–water partition coefficient (Wildman–Crippen LogP) is 2.40. The van der Waals surface area contributed by atoms with E-state index in [1.165, 1.54) is 6.26 Å². The Bertz CT molecular complexity index is 609. The average molecular weight is 285 g/mol. The predicted molar refractivity (Wildman–Crippen MR) is 63.8 cm³/mol. The third kappa shape index (κ3) is 3.08. The molecule has 2 heterocycles. The van der Waals surface area contributed by atoms with Gasteiger partial charge in [-0.1, -0.05) is 0 Å². The number of furan rings is 1. The minimum Gasteiger partial charge on any atom is -0.467 e. The Balaban J connectivity index is 2.29. The molecule has 0 atom stereocenters. The van der Waals surface area contributed by atoms with Crippen LogP contribution < -0.4 is 11.1 Å². The van der Waals surface area contributed by atoms with Crippen LogP contribution in [0.1, 0.15) is 21.8 Å². The lowest BCUT2D eigenvalue weighted by molar-refractivity contribution is -0.141. The number of carbonyl (C=O) groups is 1. The number of nitrogens with two attached hydrogens (primary N) is 1. The lowest BCUT2D eigenvalue weighted by Crippen LogP contribution is -2.18. The maximum atomic E-state index is 12.6. The molecule has 0 aliphatic heterocycles. The molecule has 3 N–H and O–H groups in total. The number of nitrogens with zero attached hydrogens (tertiary/aromatic N) is 1. The van der Waals surface area contributed by atoms with E-state index in [0.717, 1.165) is 6.07 Å². The first-order chi connectivity index (χ1) is 9.38. The van der Waals surface area contributed by atoms with E-state index < -0.39 is 17.8 Å². The van der Waals surface area contributed by atoms with Crippen LogP contribution >= 0.6 is 0 Å². The first-order valence-corrected chi connectivity index (χ1v) is 5.52. The molecule has 0 bridgehead atoms. The number of rotatable bonds is 4. The molecule has 0 aromatic carbocycles. The zero-order chi connectivity index (χ0) is 14.8. The number of nitrogens with one attached hydrogen (secondary N) is 1. The van der Waals surface area contributed by atoms with E-state index in [0.29, 0.717) is 11.8 Å². The molecule has 1 amide bonds. The second-order valence-electron chi connectivity index (χ2n) is 3.89. The average Bonchev–Trinajstić information content (AvgIpc) is 2.87. The normalized spacial score (nSPS) is 11.3. The number of anilines is 1. The highest BCUT2D eigenvalue weighted by Gasteiger charge is 2.33. The van der Waals surface area contributed by atoms with Crippen LogP contribution in [0.25, 0.3) is 0 Å². The molecule has 5 nitrogen and oxygen atoms in total. The number of aromatic nitrogens is 1. The van der Waals surface area contributed by atoms with Gasteiger partial charge in [0.1, 0.15) is 17.3 Å². The molecular formula is C12H10F3N3O2. The van der Waals surface area contributed by atoms with Crippen molar-refractivity contribution in [1.29, 1.82) is 0 Å². The minimum atomic E-state index is -4.60. The molecule has 8 heteroatoms. The second-order valence-corrected chi connectivity index (χ2v) is 3.89. The second kappa shape index (κ2) is 5.24. The van der Waals surface area contributed by atoms with Crippen LogP contribution in [0.4, 0.5) is 19.0 Å². The molecule has 0 saturated heterocycles. The van der Waals surface area contributed by atoms with Gasteiger partial charge >= 0.3 is 6.18 Å². The molecule has 106 valence electrons. The maximum Gasteiger partial charge on any atom is 0.433 e. The molecule has 2 aromatic heterocycles. The number of alkyl halides is 3. The highest BCUT2D eigenvalue weighted by atomic mass is 19.4. The van der Waals surface area contributed by atoms with Gasteiger partial charge in [-0.15, -0.1) is 0 Å². The van der Waals surface area contributed by atoms with Crippen LogP contribution in [0.2, 0.25) is 0 Å². The molecule has 0 saturated carbocycles. The number of halogens is 3. The Labute approximate surface area is 111 Å². The number of primary amides is 1. The van der Waals surface area contributed by atoms with Gasteiger partial charge in [-0.25, -0.2) is 4.98 Å². The number of amides is 1. The molecule has 0 aliphatic rings. The topological polar surface area (TPSA) is 81.2 Å². The Morgan fingerprint density at radius 3 is 2.65 bits per heavy atom. The lowest BCUT2D eigenvalue weighted by atomic mass is 10.2. The van der Waals surface area contributed by atoms with E-state index in [1.54, 1.807) is 12.1 Å². The Kier molecular flexibility index (Phi) is 3.64. The highest BCUT2D eigenvalue weighted by Crippen LogP contribution is 2.29. The van der Waals surface area contributed by atoms with Crippen molar-refractivity contribution >= 4 is 11.7 Å². The largest absolute Gasteiger partial charge is 0.467 e. The van der Waals surface area contributed by atoms with Gasteiger partial charge in [-0.3, -0.25) is 4.79 Å². The zero-order valence-electron chi connectivity index (χ0n) is 10.1. The highest BCUT2D eigenvalue weighted by molar-refractivity contribution is 5.97. The van der Waals surface area contributed by atoms with Gasteiger partial charge in [0, 0.05) is 0 Å². The van der Waals surface area contributed by atoms with E-state index in [9.17, 15) is 18.0 Å². The van der Waals surface area contributed by atoms with Crippen LogP contribution in [-0.2, 0) is 12.7 Å². The summed E-state index contributed by atoms with van der Waals surface area (Å²) in [6, 6.07) is 4.96. The summed E-state index contributed by atoms with van der Waals surface area (Å²) in [4.78, 5) is 14.6. The van der Waals surface area contributed by atoms with Crippen molar-refractivity contribution in [3.63, 3.8) is 0 Å². The molecule has 0 fully saturated rings. The number of carbonyl (C=O) groups excluding carboxylic acids is 1. The Hall–Kier alpha value is -2.51. The lowest BCUT2D eigenvalue weighted by Gasteiger charge is -2.11. The van der Waals surface area contributed by atoms with Crippen molar-refractivity contribution in [2.45, 2.75) is 12.7 Å². The Morgan fingerprint density at radius 1 is 1.35 bits per heavy atom. The van der Waals surface area contributed by atoms with Gasteiger partial charge in [0.2, 0.25) is 0 Å². The smallest absolute Gasteiger partial charge is 0.433 e. The van der Waals surface area contributed by atoms with E-state index in [2.05, 4.69) is 10.3 Å². The molecule has 2 rings (SSSR count).